The molecule has 168 valence electrons. The fraction of sp³-hybridized carbons (Fsp3) is 0.407. The first-order chi connectivity index (χ1) is 15.5. The second-order valence-corrected chi connectivity index (χ2v) is 8.67. The summed E-state index contributed by atoms with van der Waals surface area (Å²) >= 11 is 0. The zero-order valence-electron chi connectivity index (χ0n) is 19.1. The fourth-order valence-electron chi connectivity index (χ4n) is 5.37. The molecule has 2 heterocycles. The molecule has 0 unspecified atom stereocenters. The number of nitrogens with zero attached hydrogens (tertiary/aromatic N) is 1. The van der Waals surface area contributed by atoms with Crippen molar-refractivity contribution in [2.75, 3.05) is 7.11 Å². The van der Waals surface area contributed by atoms with Crippen LogP contribution in [0.25, 0.3) is 16.5 Å². The number of carbonyl (C=O) groups excluding carboxylic acids is 1. The number of hydrogen-bond donors (Lipinski definition) is 1. The van der Waals surface area contributed by atoms with Crippen molar-refractivity contribution in [3.05, 3.63) is 64.4 Å². The number of rotatable bonds is 5. The van der Waals surface area contributed by atoms with Gasteiger partial charge in [-0.25, -0.2) is 9.59 Å². The molecule has 5 nitrogen and oxygen atoms in total. The zero-order valence-corrected chi connectivity index (χ0v) is 19.1. The third kappa shape index (κ3) is 3.81. The number of carboxylic acids is 1. The van der Waals surface area contributed by atoms with Gasteiger partial charge >= 0.3 is 11.9 Å². The van der Waals surface area contributed by atoms with E-state index in [9.17, 15) is 14.7 Å². The molecule has 4 rings (SSSR count). The molecule has 1 aromatic heterocycles. The predicted octanol–water partition coefficient (Wildman–Crippen LogP) is 6.24. The van der Waals surface area contributed by atoms with Crippen LogP contribution in [0.15, 0.2) is 47.6 Å². The van der Waals surface area contributed by atoms with Gasteiger partial charge in [0.25, 0.3) is 0 Å². The molecule has 1 aliphatic heterocycles. The molecule has 0 radical (unpaired) electrons. The van der Waals surface area contributed by atoms with Crippen molar-refractivity contribution in [2.45, 2.75) is 64.8 Å². The maximum absolute atomic E-state index is 12.3. The third-order valence-electron chi connectivity index (χ3n) is 6.81. The van der Waals surface area contributed by atoms with Crippen LogP contribution >= 0.6 is 0 Å². The normalized spacial score (nSPS) is 17.4. The largest absolute Gasteiger partial charge is 0.478 e. The number of hydrogen-bond acceptors (Lipinski definition) is 3. The van der Waals surface area contributed by atoms with Crippen molar-refractivity contribution in [1.29, 1.82) is 0 Å². The average molecular weight is 434 g/mol. The number of carboxylic acid groups (broad SMARTS) is 1. The van der Waals surface area contributed by atoms with Gasteiger partial charge in [-0.2, -0.15) is 0 Å². The number of ether oxygens (including phenoxy) is 1. The lowest BCUT2D eigenvalue weighted by Crippen LogP contribution is -2.12. The van der Waals surface area contributed by atoms with Gasteiger partial charge in [0.05, 0.1) is 24.8 Å². The summed E-state index contributed by atoms with van der Waals surface area (Å²) < 4.78 is 7.08. The standard InChI is InChI=1S/C27H31NO4/c1-4-9-18-14-20(26(29)30)16-28-23-15-19(27(31)32-3)12-13-22(23)24(25(28)21(18)5-2)17-10-7-6-8-11-17/h4,9,12-15,17H,5-8,10-11,16H2,1-3H3,(H,29,30)/b9-4-. The monoisotopic (exact) mass is 433 g/mol. The van der Waals surface area contributed by atoms with Crippen molar-refractivity contribution < 1.29 is 19.4 Å². The van der Waals surface area contributed by atoms with Crippen molar-refractivity contribution in [3.8, 4) is 0 Å². The van der Waals surface area contributed by atoms with Gasteiger partial charge in [0.1, 0.15) is 0 Å². The van der Waals surface area contributed by atoms with Crippen LogP contribution in [0.1, 0.15) is 79.9 Å². The highest BCUT2D eigenvalue weighted by molar-refractivity contribution is 5.99. The maximum Gasteiger partial charge on any atom is 0.337 e. The molecule has 32 heavy (non-hydrogen) atoms. The van der Waals surface area contributed by atoms with E-state index in [4.69, 9.17) is 4.74 Å². The van der Waals surface area contributed by atoms with Crippen LogP contribution in [0.2, 0.25) is 0 Å². The highest BCUT2D eigenvalue weighted by Gasteiger charge is 2.30. The summed E-state index contributed by atoms with van der Waals surface area (Å²) in [6, 6.07) is 5.72. The van der Waals surface area contributed by atoms with Gasteiger partial charge in [-0.05, 0) is 67.0 Å². The lowest BCUT2D eigenvalue weighted by molar-refractivity contribution is -0.132. The Bertz CT molecular complexity index is 1160. The number of allylic oxidation sites excluding steroid dienone is 5. The molecule has 1 fully saturated rings. The van der Waals surface area contributed by atoms with E-state index in [0.29, 0.717) is 17.1 Å². The second kappa shape index (κ2) is 9.19. The van der Waals surface area contributed by atoms with Crippen LogP contribution in [0.4, 0.5) is 0 Å². The average Bonchev–Trinajstić information content (AvgIpc) is 3.02. The van der Waals surface area contributed by atoms with Gasteiger partial charge in [-0.15, -0.1) is 0 Å². The summed E-state index contributed by atoms with van der Waals surface area (Å²) in [5.74, 6) is -0.864. The lowest BCUT2D eigenvalue weighted by Gasteiger charge is -2.24. The number of methoxy groups -OCH3 is 1. The van der Waals surface area contributed by atoms with E-state index in [-0.39, 0.29) is 12.5 Å². The van der Waals surface area contributed by atoms with Gasteiger partial charge in [0, 0.05) is 16.6 Å². The zero-order chi connectivity index (χ0) is 22.8. The Hall–Kier alpha value is -3.08. The molecule has 1 N–H and O–H groups in total. The number of carbonyl (C=O) groups is 2. The number of aromatic nitrogens is 1. The number of fused-ring (bicyclic) bond motifs is 3. The van der Waals surface area contributed by atoms with Crippen LogP contribution in [0, 0.1) is 0 Å². The summed E-state index contributed by atoms with van der Waals surface area (Å²) in [6.07, 6.45) is 12.6. The van der Waals surface area contributed by atoms with Crippen molar-refractivity contribution >= 4 is 28.4 Å². The first-order valence-electron chi connectivity index (χ1n) is 11.5. The third-order valence-corrected chi connectivity index (χ3v) is 6.81. The highest BCUT2D eigenvalue weighted by atomic mass is 16.5. The first kappa shape index (κ1) is 22.1. The van der Waals surface area contributed by atoms with Crippen LogP contribution < -0.4 is 0 Å². The molecule has 1 saturated carbocycles. The summed E-state index contributed by atoms with van der Waals surface area (Å²) in [4.78, 5) is 24.4. The molecule has 0 spiro atoms. The van der Waals surface area contributed by atoms with E-state index in [1.165, 1.54) is 31.9 Å². The first-order valence-corrected chi connectivity index (χ1v) is 11.5. The second-order valence-electron chi connectivity index (χ2n) is 8.67. The van der Waals surface area contributed by atoms with Crippen molar-refractivity contribution in [2.24, 2.45) is 0 Å². The predicted molar refractivity (Wildman–Crippen MR) is 127 cm³/mol. The lowest BCUT2D eigenvalue weighted by atomic mass is 9.81. The van der Waals surface area contributed by atoms with Gasteiger partial charge in [-0.1, -0.05) is 44.4 Å². The smallest absolute Gasteiger partial charge is 0.337 e. The molecule has 5 heteroatoms. The molecule has 0 amide bonds. The molecular weight excluding hydrogens is 402 g/mol. The summed E-state index contributed by atoms with van der Waals surface area (Å²) in [7, 11) is 1.38. The highest BCUT2D eigenvalue weighted by Crippen LogP contribution is 2.45. The molecule has 0 saturated heterocycles. The molecule has 1 aliphatic carbocycles. The Morgan fingerprint density at radius 2 is 1.97 bits per heavy atom. The topological polar surface area (TPSA) is 68.5 Å². The van der Waals surface area contributed by atoms with Crippen molar-refractivity contribution in [1.82, 2.24) is 4.57 Å². The summed E-state index contributed by atoms with van der Waals surface area (Å²) in [5, 5.41) is 11.1. The van der Waals surface area contributed by atoms with Gasteiger partial charge in [0.15, 0.2) is 0 Å². The molecular formula is C27H31NO4. The molecule has 0 atom stereocenters. The van der Waals surface area contributed by atoms with Crippen molar-refractivity contribution in [3.63, 3.8) is 0 Å². The fourth-order valence-corrected chi connectivity index (χ4v) is 5.37. The molecule has 1 aromatic carbocycles. The number of aliphatic carboxylic acids is 1. The van der Waals surface area contributed by atoms with E-state index < -0.39 is 5.97 Å². The maximum atomic E-state index is 12.3. The Labute approximate surface area is 189 Å². The molecule has 2 aromatic rings. The van der Waals surface area contributed by atoms with E-state index in [2.05, 4.69) is 11.5 Å². The number of benzene rings is 1. The van der Waals surface area contributed by atoms with Gasteiger partial charge in [0.2, 0.25) is 0 Å². The summed E-state index contributed by atoms with van der Waals surface area (Å²) in [5.41, 5.74) is 6.31. The summed E-state index contributed by atoms with van der Waals surface area (Å²) in [6.45, 7) is 4.35. The van der Waals surface area contributed by atoms with Gasteiger partial charge in [-0.3, -0.25) is 0 Å². The Morgan fingerprint density at radius 1 is 1.22 bits per heavy atom. The van der Waals surface area contributed by atoms with Crippen LogP contribution in [0.5, 0.6) is 0 Å². The van der Waals surface area contributed by atoms with Crippen LogP contribution in [-0.2, 0) is 16.1 Å². The Morgan fingerprint density at radius 3 is 2.59 bits per heavy atom. The van der Waals surface area contributed by atoms with E-state index in [1.807, 2.05) is 43.4 Å². The Balaban J connectivity index is 2.09. The van der Waals surface area contributed by atoms with E-state index in [0.717, 1.165) is 47.0 Å². The minimum atomic E-state index is -0.916. The molecule has 2 aliphatic rings. The quantitative estimate of drug-likeness (QED) is 0.567. The Kier molecular flexibility index (Phi) is 6.35. The van der Waals surface area contributed by atoms with Crippen LogP contribution in [-0.4, -0.2) is 28.7 Å². The van der Waals surface area contributed by atoms with Gasteiger partial charge < -0.3 is 14.4 Å². The minimum absolute atomic E-state index is 0.267. The number of esters is 1. The van der Waals surface area contributed by atoms with E-state index in [1.54, 1.807) is 0 Å². The molecule has 0 bridgehead atoms. The van der Waals surface area contributed by atoms with Crippen LogP contribution in [0.3, 0.4) is 0 Å². The van der Waals surface area contributed by atoms with E-state index >= 15 is 0 Å². The SMILES string of the molecule is C/C=C\C1=C(CC)c2c(C3CCCCC3)c3ccc(C(=O)OC)cc3n2CC(C(=O)O)=C1. The minimum Gasteiger partial charge on any atom is -0.478 e.